The lowest BCUT2D eigenvalue weighted by Gasteiger charge is -2.14. The number of H-pyrrole nitrogens is 1. The van der Waals surface area contributed by atoms with E-state index >= 15 is 0 Å². The Morgan fingerprint density at radius 2 is 1.83 bits per heavy atom. The van der Waals surface area contributed by atoms with E-state index in [1.807, 2.05) is 26.0 Å². The monoisotopic (exact) mass is 246 g/mol. The van der Waals surface area contributed by atoms with E-state index < -0.39 is 11.2 Å². The Bertz CT molecular complexity index is 728. The van der Waals surface area contributed by atoms with Gasteiger partial charge in [-0.2, -0.15) is 0 Å². The molecule has 0 atom stereocenters. The molecule has 0 saturated heterocycles. The van der Waals surface area contributed by atoms with Gasteiger partial charge in [0.15, 0.2) is 0 Å². The first-order chi connectivity index (χ1) is 8.43. The molecule has 0 unspecified atom stereocenters. The molecule has 5 N–H and O–H groups in total. The smallest absolute Gasteiger partial charge is 0.334 e. The number of rotatable bonds is 1. The second-order valence-electron chi connectivity index (χ2n) is 4.11. The normalized spacial score (nSPS) is 10.6. The van der Waals surface area contributed by atoms with E-state index in [1.54, 1.807) is 6.07 Å². The average molecular weight is 246 g/mol. The van der Waals surface area contributed by atoms with Gasteiger partial charge in [-0.05, 0) is 31.0 Å². The molecule has 0 saturated carbocycles. The summed E-state index contributed by atoms with van der Waals surface area (Å²) in [6.45, 7) is 3.80. The van der Waals surface area contributed by atoms with Crippen molar-refractivity contribution in [2.24, 2.45) is 0 Å². The highest BCUT2D eigenvalue weighted by Gasteiger charge is 2.13. The van der Waals surface area contributed by atoms with Gasteiger partial charge >= 0.3 is 5.69 Å². The van der Waals surface area contributed by atoms with Crippen LogP contribution in [0, 0.1) is 13.8 Å². The molecular weight excluding hydrogens is 232 g/mol. The Hall–Kier alpha value is -2.50. The molecule has 6 heteroatoms. The van der Waals surface area contributed by atoms with Crippen molar-refractivity contribution in [3.8, 4) is 5.69 Å². The van der Waals surface area contributed by atoms with Gasteiger partial charge in [-0.3, -0.25) is 9.78 Å². The Balaban J connectivity index is 2.88. The van der Waals surface area contributed by atoms with Crippen molar-refractivity contribution in [2.75, 3.05) is 11.5 Å². The molecule has 1 aromatic heterocycles. The maximum atomic E-state index is 11.8. The lowest BCUT2D eigenvalue weighted by molar-refractivity contribution is 0.904. The molecule has 0 bridgehead atoms. The zero-order valence-electron chi connectivity index (χ0n) is 10.2. The molecule has 0 amide bonds. The van der Waals surface area contributed by atoms with Crippen molar-refractivity contribution in [1.29, 1.82) is 0 Å². The topological polar surface area (TPSA) is 107 Å². The second kappa shape index (κ2) is 4.06. The van der Waals surface area contributed by atoms with Crippen LogP contribution in [0.25, 0.3) is 5.69 Å². The SMILES string of the molecule is Cc1cccc(-n2c(N)c(N)c(=O)[nH]c2=O)c1C. The van der Waals surface area contributed by atoms with Crippen LogP contribution in [0.3, 0.4) is 0 Å². The molecule has 94 valence electrons. The van der Waals surface area contributed by atoms with Gasteiger partial charge in [0, 0.05) is 0 Å². The fraction of sp³-hybridized carbons (Fsp3) is 0.167. The van der Waals surface area contributed by atoms with Crippen LogP contribution in [0.1, 0.15) is 11.1 Å². The number of benzene rings is 1. The van der Waals surface area contributed by atoms with Crippen LogP contribution < -0.4 is 22.7 Å². The van der Waals surface area contributed by atoms with Crippen molar-refractivity contribution in [3.63, 3.8) is 0 Å². The summed E-state index contributed by atoms with van der Waals surface area (Å²) in [4.78, 5) is 25.3. The van der Waals surface area contributed by atoms with E-state index in [0.717, 1.165) is 11.1 Å². The molecule has 0 spiro atoms. The molecule has 6 nitrogen and oxygen atoms in total. The van der Waals surface area contributed by atoms with Crippen LogP contribution in [0.15, 0.2) is 27.8 Å². The molecular formula is C12H14N4O2. The largest absolute Gasteiger partial charge is 0.391 e. The Kier molecular flexibility index (Phi) is 2.70. The fourth-order valence-corrected chi connectivity index (χ4v) is 1.78. The van der Waals surface area contributed by atoms with Gasteiger partial charge in [0.1, 0.15) is 11.5 Å². The zero-order chi connectivity index (χ0) is 13.4. The van der Waals surface area contributed by atoms with E-state index in [2.05, 4.69) is 4.98 Å². The van der Waals surface area contributed by atoms with E-state index in [-0.39, 0.29) is 11.5 Å². The summed E-state index contributed by atoms with van der Waals surface area (Å²) >= 11 is 0. The Morgan fingerprint density at radius 3 is 2.50 bits per heavy atom. The number of aryl methyl sites for hydroxylation is 1. The molecule has 18 heavy (non-hydrogen) atoms. The van der Waals surface area contributed by atoms with Gasteiger partial charge in [-0.1, -0.05) is 12.1 Å². The molecule has 0 aliphatic rings. The van der Waals surface area contributed by atoms with Crippen LogP contribution >= 0.6 is 0 Å². The minimum Gasteiger partial charge on any atom is -0.391 e. The number of nitrogens with two attached hydrogens (primary N) is 2. The van der Waals surface area contributed by atoms with Crippen LogP contribution in [0.5, 0.6) is 0 Å². The summed E-state index contributed by atoms with van der Waals surface area (Å²) in [6, 6.07) is 5.48. The first-order valence-electron chi connectivity index (χ1n) is 5.40. The van der Waals surface area contributed by atoms with E-state index in [9.17, 15) is 9.59 Å². The number of nitrogens with one attached hydrogen (secondary N) is 1. The number of hydrogen-bond acceptors (Lipinski definition) is 4. The molecule has 2 rings (SSSR count). The van der Waals surface area contributed by atoms with Crippen LogP contribution in [-0.2, 0) is 0 Å². The quantitative estimate of drug-likeness (QED) is 0.673. The molecule has 2 aromatic rings. The third-order valence-electron chi connectivity index (χ3n) is 3.00. The van der Waals surface area contributed by atoms with Gasteiger partial charge in [-0.25, -0.2) is 9.36 Å². The predicted molar refractivity (Wildman–Crippen MR) is 71.0 cm³/mol. The summed E-state index contributed by atoms with van der Waals surface area (Å²) in [5.74, 6) is -0.0440. The highest BCUT2D eigenvalue weighted by atomic mass is 16.2. The highest BCUT2D eigenvalue weighted by molar-refractivity contribution is 5.61. The van der Waals surface area contributed by atoms with Crippen molar-refractivity contribution in [3.05, 3.63) is 50.2 Å². The molecule has 1 aromatic carbocycles. The Morgan fingerprint density at radius 1 is 1.17 bits per heavy atom. The van der Waals surface area contributed by atoms with Gasteiger partial charge in [0.05, 0.1) is 5.69 Å². The summed E-state index contributed by atoms with van der Waals surface area (Å²) in [5.41, 5.74) is 12.4. The maximum absolute atomic E-state index is 11.8. The van der Waals surface area contributed by atoms with Gasteiger partial charge in [0.2, 0.25) is 0 Å². The minimum absolute atomic E-state index is 0.0440. The van der Waals surface area contributed by atoms with Crippen molar-refractivity contribution in [2.45, 2.75) is 13.8 Å². The van der Waals surface area contributed by atoms with E-state index in [0.29, 0.717) is 5.69 Å². The average Bonchev–Trinajstić information content (AvgIpc) is 2.32. The molecule has 1 heterocycles. The third-order valence-corrected chi connectivity index (χ3v) is 3.00. The summed E-state index contributed by atoms with van der Waals surface area (Å²) < 4.78 is 1.21. The number of aromatic nitrogens is 2. The van der Waals surface area contributed by atoms with Crippen LogP contribution in [0.4, 0.5) is 11.5 Å². The van der Waals surface area contributed by atoms with Gasteiger partial charge in [0.25, 0.3) is 5.56 Å². The molecule has 0 radical (unpaired) electrons. The molecule has 0 fully saturated rings. The summed E-state index contributed by atoms with van der Waals surface area (Å²) in [6.07, 6.45) is 0. The third kappa shape index (κ3) is 1.67. The first kappa shape index (κ1) is 12.0. The van der Waals surface area contributed by atoms with E-state index in [4.69, 9.17) is 11.5 Å². The Labute approximate surface area is 103 Å². The number of hydrogen-bond donors (Lipinski definition) is 3. The number of nitrogens with zero attached hydrogens (tertiary/aromatic N) is 1. The highest BCUT2D eigenvalue weighted by Crippen LogP contribution is 2.19. The molecule has 0 aliphatic carbocycles. The second-order valence-corrected chi connectivity index (χ2v) is 4.11. The first-order valence-corrected chi connectivity index (χ1v) is 5.40. The number of aromatic amines is 1. The zero-order valence-corrected chi connectivity index (χ0v) is 10.2. The summed E-state index contributed by atoms with van der Waals surface area (Å²) in [7, 11) is 0. The van der Waals surface area contributed by atoms with E-state index in [1.165, 1.54) is 4.57 Å². The van der Waals surface area contributed by atoms with Crippen molar-refractivity contribution in [1.82, 2.24) is 9.55 Å². The van der Waals surface area contributed by atoms with Crippen LogP contribution in [-0.4, -0.2) is 9.55 Å². The van der Waals surface area contributed by atoms with Gasteiger partial charge in [-0.15, -0.1) is 0 Å². The van der Waals surface area contributed by atoms with Gasteiger partial charge < -0.3 is 11.5 Å². The number of anilines is 2. The number of nitrogen functional groups attached to an aromatic ring is 2. The standard InChI is InChI=1S/C12H14N4O2/c1-6-4-3-5-8(7(6)2)16-10(14)9(13)11(17)15-12(16)18/h3-5H,13-14H2,1-2H3,(H,15,17,18). The lowest BCUT2D eigenvalue weighted by atomic mass is 10.1. The van der Waals surface area contributed by atoms with Crippen LogP contribution in [0.2, 0.25) is 0 Å². The predicted octanol–water partition coefficient (Wildman–Crippen LogP) is 0.307. The minimum atomic E-state index is -0.668. The van der Waals surface area contributed by atoms with Crippen molar-refractivity contribution < 1.29 is 0 Å². The lowest BCUT2D eigenvalue weighted by Crippen LogP contribution is -2.33. The summed E-state index contributed by atoms with van der Waals surface area (Å²) in [5, 5.41) is 0. The fourth-order valence-electron chi connectivity index (χ4n) is 1.78. The molecule has 0 aliphatic heterocycles. The van der Waals surface area contributed by atoms with Crippen molar-refractivity contribution >= 4 is 11.5 Å². The maximum Gasteiger partial charge on any atom is 0.334 e.